The fraction of sp³-hybridized carbons (Fsp3) is 0.263. The number of carbonyl (C=O) groups excluding carboxylic acids is 2. The van der Waals surface area contributed by atoms with Crippen LogP contribution in [-0.2, 0) is 11.3 Å². The van der Waals surface area contributed by atoms with Gasteiger partial charge < -0.3 is 11.1 Å². The van der Waals surface area contributed by atoms with Crippen LogP contribution in [0, 0.1) is 5.82 Å². The Labute approximate surface area is 155 Å². The molecule has 3 rings (SSSR count). The largest absolute Gasteiger partial charge is 0.366 e. The molecule has 0 spiro atoms. The molecule has 1 aliphatic rings. The van der Waals surface area contributed by atoms with Gasteiger partial charge in [0.15, 0.2) is 0 Å². The topological polar surface area (TPSA) is 75.4 Å². The quantitative estimate of drug-likeness (QED) is 0.780. The summed E-state index contributed by atoms with van der Waals surface area (Å²) in [5, 5.41) is 3.14. The highest BCUT2D eigenvalue weighted by Gasteiger charge is 2.31. The summed E-state index contributed by atoms with van der Waals surface area (Å²) in [6.07, 6.45) is 1.96. The van der Waals surface area contributed by atoms with E-state index in [9.17, 15) is 14.0 Å². The molecule has 2 aromatic carbocycles. The van der Waals surface area contributed by atoms with Crippen molar-refractivity contribution in [3.8, 4) is 0 Å². The summed E-state index contributed by atoms with van der Waals surface area (Å²) >= 11 is 6.10. The van der Waals surface area contributed by atoms with E-state index in [0.29, 0.717) is 21.8 Å². The lowest BCUT2D eigenvalue weighted by Crippen LogP contribution is -2.34. The first-order valence-corrected chi connectivity index (χ1v) is 8.68. The van der Waals surface area contributed by atoms with Gasteiger partial charge in [0, 0.05) is 34.4 Å². The molecule has 2 aromatic rings. The zero-order valence-corrected chi connectivity index (χ0v) is 14.8. The fourth-order valence-corrected chi connectivity index (χ4v) is 2.97. The first kappa shape index (κ1) is 18.4. The van der Waals surface area contributed by atoms with E-state index in [1.54, 1.807) is 36.4 Å². The molecule has 0 atom stereocenters. The zero-order valence-electron chi connectivity index (χ0n) is 14.0. The molecule has 136 valence electrons. The van der Waals surface area contributed by atoms with Gasteiger partial charge >= 0.3 is 0 Å². The monoisotopic (exact) mass is 375 g/mol. The van der Waals surface area contributed by atoms with Crippen molar-refractivity contribution < 1.29 is 14.0 Å². The van der Waals surface area contributed by atoms with E-state index in [1.807, 2.05) is 4.90 Å². The number of hydrogen-bond acceptors (Lipinski definition) is 3. The first-order chi connectivity index (χ1) is 12.4. The minimum Gasteiger partial charge on any atom is -0.366 e. The standard InChI is InChI=1S/C19H19ClFN3O2/c20-16-2-1-3-17(21)15(16)10-24(14-8-9-14)11-18(25)23-13-6-4-12(5-7-13)19(22)26/h1-7,14H,8-11H2,(H2,22,26)(H,23,25). The van der Waals surface area contributed by atoms with E-state index < -0.39 is 5.91 Å². The van der Waals surface area contributed by atoms with Gasteiger partial charge in [0.05, 0.1) is 6.54 Å². The molecule has 1 aliphatic carbocycles. The van der Waals surface area contributed by atoms with Crippen molar-refractivity contribution in [2.45, 2.75) is 25.4 Å². The number of benzene rings is 2. The summed E-state index contributed by atoms with van der Waals surface area (Å²) in [6.45, 7) is 0.414. The summed E-state index contributed by atoms with van der Waals surface area (Å²) in [4.78, 5) is 25.4. The number of hydrogen-bond donors (Lipinski definition) is 2. The van der Waals surface area contributed by atoms with Gasteiger partial charge in [-0.2, -0.15) is 0 Å². The summed E-state index contributed by atoms with van der Waals surface area (Å²) in [5.41, 5.74) is 6.54. The molecule has 0 aromatic heterocycles. The lowest BCUT2D eigenvalue weighted by molar-refractivity contribution is -0.117. The van der Waals surface area contributed by atoms with Crippen molar-refractivity contribution >= 4 is 29.1 Å². The Morgan fingerprint density at radius 2 is 1.88 bits per heavy atom. The predicted octanol–water partition coefficient (Wildman–Crippen LogP) is 3.18. The van der Waals surface area contributed by atoms with Crippen LogP contribution >= 0.6 is 11.6 Å². The van der Waals surface area contributed by atoms with Crippen LogP contribution in [0.3, 0.4) is 0 Å². The van der Waals surface area contributed by atoms with Crippen LogP contribution in [-0.4, -0.2) is 29.3 Å². The third-order valence-electron chi connectivity index (χ3n) is 4.29. The van der Waals surface area contributed by atoms with E-state index >= 15 is 0 Å². The highest BCUT2D eigenvalue weighted by Crippen LogP contribution is 2.30. The number of nitrogens with one attached hydrogen (secondary N) is 1. The Hall–Kier alpha value is -2.44. The van der Waals surface area contributed by atoms with Crippen molar-refractivity contribution in [2.24, 2.45) is 5.73 Å². The number of carbonyl (C=O) groups is 2. The van der Waals surface area contributed by atoms with Gasteiger partial charge in [-0.25, -0.2) is 4.39 Å². The summed E-state index contributed by atoms with van der Waals surface area (Å²) in [7, 11) is 0. The molecule has 1 saturated carbocycles. The van der Waals surface area contributed by atoms with Gasteiger partial charge in [-0.05, 0) is 49.2 Å². The molecule has 2 amide bonds. The Kier molecular flexibility index (Phi) is 5.54. The van der Waals surface area contributed by atoms with E-state index in [-0.39, 0.29) is 30.9 Å². The molecule has 7 heteroatoms. The summed E-state index contributed by atoms with van der Waals surface area (Å²) in [5.74, 6) is -1.11. The number of primary amides is 1. The van der Waals surface area contributed by atoms with Gasteiger partial charge in [0.25, 0.3) is 0 Å². The Morgan fingerprint density at radius 1 is 1.19 bits per heavy atom. The number of rotatable bonds is 7. The summed E-state index contributed by atoms with van der Waals surface area (Å²) < 4.78 is 14.0. The fourth-order valence-electron chi connectivity index (χ4n) is 2.74. The molecule has 1 fully saturated rings. The highest BCUT2D eigenvalue weighted by molar-refractivity contribution is 6.31. The van der Waals surface area contributed by atoms with E-state index in [1.165, 1.54) is 6.07 Å². The van der Waals surface area contributed by atoms with Crippen LogP contribution in [0.2, 0.25) is 5.02 Å². The molecule has 3 N–H and O–H groups in total. The minimum atomic E-state index is -0.524. The first-order valence-electron chi connectivity index (χ1n) is 8.30. The van der Waals surface area contributed by atoms with E-state index in [2.05, 4.69) is 5.32 Å². The van der Waals surface area contributed by atoms with Crippen LogP contribution < -0.4 is 11.1 Å². The van der Waals surface area contributed by atoms with Crippen molar-refractivity contribution in [2.75, 3.05) is 11.9 Å². The van der Waals surface area contributed by atoms with E-state index in [0.717, 1.165) is 12.8 Å². The maximum absolute atomic E-state index is 14.0. The molecule has 0 radical (unpaired) electrons. The zero-order chi connectivity index (χ0) is 18.7. The molecule has 5 nitrogen and oxygen atoms in total. The predicted molar refractivity (Wildman–Crippen MR) is 98.4 cm³/mol. The third kappa shape index (κ3) is 4.59. The lowest BCUT2D eigenvalue weighted by Gasteiger charge is -2.22. The van der Waals surface area contributed by atoms with Gasteiger partial charge in [-0.15, -0.1) is 0 Å². The van der Waals surface area contributed by atoms with Gasteiger partial charge in [0.2, 0.25) is 11.8 Å². The molecular formula is C19H19ClFN3O2. The molecule has 0 unspecified atom stereocenters. The van der Waals surface area contributed by atoms with Crippen molar-refractivity contribution in [3.05, 3.63) is 64.4 Å². The Morgan fingerprint density at radius 3 is 2.46 bits per heavy atom. The minimum absolute atomic E-state index is 0.132. The second-order valence-electron chi connectivity index (χ2n) is 6.33. The molecule has 0 saturated heterocycles. The molecule has 0 heterocycles. The number of anilines is 1. The van der Waals surface area contributed by atoms with E-state index in [4.69, 9.17) is 17.3 Å². The van der Waals surface area contributed by atoms with Crippen LogP contribution in [0.25, 0.3) is 0 Å². The average Bonchev–Trinajstić information content (AvgIpc) is 3.42. The van der Waals surface area contributed by atoms with Gasteiger partial charge in [-0.3, -0.25) is 14.5 Å². The van der Waals surface area contributed by atoms with Crippen molar-refractivity contribution in [3.63, 3.8) is 0 Å². The summed E-state index contributed by atoms with van der Waals surface area (Å²) in [6, 6.07) is 11.2. The van der Waals surface area contributed by atoms with Crippen LogP contribution in [0.5, 0.6) is 0 Å². The SMILES string of the molecule is NC(=O)c1ccc(NC(=O)CN(Cc2c(F)cccc2Cl)C2CC2)cc1. The highest BCUT2D eigenvalue weighted by atomic mass is 35.5. The van der Waals surface area contributed by atoms with Crippen LogP contribution in [0.4, 0.5) is 10.1 Å². The maximum atomic E-state index is 14.0. The van der Waals surface area contributed by atoms with Crippen LogP contribution in [0.1, 0.15) is 28.8 Å². The lowest BCUT2D eigenvalue weighted by atomic mass is 10.2. The number of nitrogens with zero attached hydrogens (tertiary/aromatic N) is 1. The molecule has 0 aliphatic heterocycles. The molecular weight excluding hydrogens is 357 g/mol. The van der Waals surface area contributed by atoms with Crippen LogP contribution in [0.15, 0.2) is 42.5 Å². The van der Waals surface area contributed by atoms with Crippen molar-refractivity contribution in [1.82, 2.24) is 4.90 Å². The molecule has 0 bridgehead atoms. The number of amides is 2. The average molecular weight is 376 g/mol. The molecule has 26 heavy (non-hydrogen) atoms. The maximum Gasteiger partial charge on any atom is 0.248 e. The normalized spacial score (nSPS) is 13.7. The second-order valence-corrected chi connectivity index (χ2v) is 6.73. The number of nitrogens with two attached hydrogens (primary N) is 1. The van der Waals surface area contributed by atoms with Crippen molar-refractivity contribution in [1.29, 1.82) is 0 Å². The Bertz CT molecular complexity index is 802. The third-order valence-corrected chi connectivity index (χ3v) is 4.64. The van der Waals surface area contributed by atoms with Gasteiger partial charge in [-0.1, -0.05) is 17.7 Å². The smallest absolute Gasteiger partial charge is 0.248 e. The Balaban J connectivity index is 1.64. The van der Waals surface area contributed by atoms with Gasteiger partial charge in [0.1, 0.15) is 5.82 Å². The number of halogens is 2. The second kappa shape index (κ2) is 7.85.